The Labute approximate surface area is 157 Å². The van der Waals surface area contributed by atoms with Gasteiger partial charge in [-0.2, -0.15) is 0 Å². The van der Waals surface area contributed by atoms with Crippen LogP contribution >= 0.6 is 0 Å². The van der Waals surface area contributed by atoms with E-state index in [2.05, 4.69) is 5.32 Å². The van der Waals surface area contributed by atoms with E-state index in [9.17, 15) is 24.3 Å². The molecule has 10 heteroatoms. The first-order valence-electron chi connectivity index (χ1n) is 8.88. The van der Waals surface area contributed by atoms with E-state index in [-0.39, 0.29) is 25.9 Å². The molecular formula is C17H27NO9. The number of amides is 1. The molecule has 5 atom stereocenters. The highest BCUT2D eigenvalue weighted by molar-refractivity contribution is 5.74. The van der Waals surface area contributed by atoms with Gasteiger partial charge in [0, 0.05) is 26.2 Å². The van der Waals surface area contributed by atoms with Crippen molar-refractivity contribution in [1.29, 1.82) is 0 Å². The fraction of sp³-hybridized carbons (Fsp3) is 0.765. The molecule has 27 heavy (non-hydrogen) atoms. The molecule has 2 N–H and O–H groups in total. The molecule has 0 aliphatic carbocycles. The quantitative estimate of drug-likeness (QED) is 0.427. The van der Waals surface area contributed by atoms with E-state index in [0.29, 0.717) is 0 Å². The lowest BCUT2D eigenvalue weighted by Crippen LogP contribution is -2.66. The van der Waals surface area contributed by atoms with Crippen LogP contribution in [0, 0.1) is 0 Å². The molecule has 154 valence electrons. The molecule has 0 aromatic rings. The van der Waals surface area contributed by atoms with Gasteiger partial charge in [0.05, 0.1) is 0 Å². The van der Waals surface area contributed by atoms with Gasteiger partial charge in [-0.25, -0.2) is 0 Å². The van der Waals surface area contributed by atoms with Crippen molar-refractivity contribution in [2.45, 2.75) is 77.6 Å². The van der Waals surface area contributed by atoms with Gasteiger partial charge in [-0.3, -0.25) is 19.2 Å². The molecule has 1 fully saturated rings. The van der Waals surface area contributed by atoms with Gasteiger partial charge in [0.25, 0.3) is 0 Å². The maximum Gasteiger partial charge on any atom is 0.306 e. The van der Waals surface area contributed by atoms with Crippen LogP contribution in [-0.2, 0) is 38.1 Å². The minimum absolute atomic E-state index is 0.0319. The van der Waals surface area contributed by atoms with Crippen LogP contribution in [0.1, 0.15) is 47.0 Å². The topological polar surface area (TPSA) is 137 Å². The highest BCUT2D eigenvalue weighted by Gasteiger charge is 2.50. The highest BCUT2D eigenvalue weighted by atomic mass is 16.7. The van der Waals surface area contributed by atoms with Gasteiger partial charge in [0.1, 0.15) is 18.8 Å². The monoisotopic (exact) mass is 389 g/mol. The number of aliphatic hydroxyl groups excluding tert-OH is 1. The molecule has 1 heterocycles. The van der Waals surface area contributed by atoms with Crippen molar-refractivity contribution in [3.63, 3.8) is 0 Å². The normalized spacial score (nSPS) is 27.4. The van der Waals surface area contributed by atoms with Crippen molar-refractivity contribution in [2.24, 2.45) is 0 Å². The molecule has 10 nitrogen and oxygen atoms in total. The number of rotatable bonds is 8. The number of carbonyl (C=O) groups is 4. The van der Waals surface area contributed by atoms with E-state index in [1.165, 1.54) is 6.92 Å². The van der Waals surface area contributed by atoms with E-state index in [4.69, 9.17) is 18.9 Å². The number of hydrogen-bond acceptors (Lipinski definition) is 9. The maximum absolute atomic E-state index is 11.9. The third-order valence-corrected chi connectivity index (χ3v) is 3.85. The van der Waals surface area contributed by atoms with Crippen molar-refractivity contribution in [2.75, 3.05) is 6.61 Å². The molecule has 1 amide bonds. The summed E-state index contributed by atoms with van der Waals surface area (Å²) in [7, 11) is 0. The third kappa shape index (κ3) is 6.79. The Morgan fingerprint density at radius 2 is 1.44 bits per heavy atom. The molecule has 0 aromatic carbocycles. The lowest BCUT2D eigenvalue weighted by molar-refractivity contribution is -0.265. The molecule has 1 rings (SSSR count). The average Bonchev–Trinajstić information content (AvgIpc) is 2.64. The summed E-state index contributed by atoms with van der Waals surface area (Å²) in [6, 6.07) is -1.16. The zero-order valence-corrected chi connectivity index (χ0v) is 15.9. The summed E-state index contributed by atoms with van der Waals surface area (Å²) in [5.41, 5.74) is 0. The Balaban J connectivity index is 3.15. The summed E-state index contributed by atoms with van der Waals surface area (Å²) in [4.78, 5) is 46.6. The lowest BCUT2D eigenvalue weighted by Gasteiger charge is -2.43. The van der Waals surface area contributed by atoms with Crippen molar-refractivity contribution in [3.05, 3.63) is 0 Å². The first kappa shape index (κ1) is 22.8. The Hall–Kier alpha value is -2.20. The van der Waals surface area contributed by atoms with Gasteiger partial charge in [0.2, 0.25) is 5.91 Å². The van der Waals surface area contributed by atoms with Gasteiger partial charge >= 0.3 is 17.9 Å². The molecule has 0 aromatic heterocycles. The van der Waals surface area contributed by atoms with Crippen molar-refractivity contribution < 1.29 is 43.2 Å². The Morgan fingerprint density at radius 1 is 0.926 bits per heavy atom. The van der Waals surface area contributed by atoms with E-state index < -0.39 is 54.5 Å². The number of esters is 3. The van der Waals surface area contributed by atoms with E-state index in [1.54, 1.807) is 20.8 Å². The standard InChI is InChI=1S/C17H27NO9/c1-5-11(20)24-8-10-15(26-12(21)6-2)16(27-13(22)7-3)14(17(23)25-10)18-9(4)19/h10,14-17,23H,5-8H2,1-4H3,(H,18,19)/t10?,14-,15-,16?,17-/m1/s1. The lowest BCUT2D eigenvalue weighted by atomic mass is 9.96. The van der Waals surface area contributed by atoms with Gasteiger partial charge < -0.3 is 29.4 Å². The molecule has 1 aliphatic heterocycles. The Bertz CT molecular complexity index is 551. The van der Waals surface area contributed by atoms with Crippen molar-refractivity contribution in [3.8, 4) is 0 Å². The van der Waals surface area contributed by atoms with Crippen LogP contribution in [0.5, 0.6) is 0 Å². The fourth-order valence-corrected chi connectivity index (χ4v) is 2.47. The summed E-state index contributed by atoms with van der Waals surface area (Å²) in [5.74, 6) is -2.24. The van der Waals surface area contributed by atoms with Gasteiger partial charge in [-0.15, -0.1) is 0 Å². The summed E-state index contributed by atoms with van der Waals surface area (Å²) in [6.45, 7) is 5.64. The second kappa shape index (κ2) is 10.8. The summed E-state index contributed by atoms with van der Waals surface area (Å²) >= 11 is 0. The molecule has 0 radical (unpaired) electrons. The van der Waals surface area contributed by atoms with Crippen LogP contribution in [0.4, 0.5) is 0 Å². The zero-order valence-electron chi connectivity index (χ0n) is 15.9. The van der Waals surface area contributed by atoms with Crippen LogP contribution in [0.3, 0.4) is 0 Å². The van der Waals surface area contributed by atoms with Crippen LogP contribution in [0.25, 0.3) is 0 Å². The SMILES string of the molecule is CCC(=O)OCC1O[C@@H](O)[C@H](NC(C)=O)C(OC(=O)CC)[C@@H]1OC(=O)CC. The maximum atomic E-state index is 11.9. The smallest absolute Gasteiger partial charge is 0.306 e. The van der Waals surface area contributed by atoms with Crippen molar-refractivity contribution >= 4 is 23.8 Å². The first-order chi connectivity index (χ1) is 12.7. The predicted molar refractivity (Wildman–Crippen MR) is 90.1 cm³/mol. The van der Waals surface area contributed by atoms with Crippen LogP contribution in [-0.4, -0.2) is 66.2 Å². The predicted octanol–water partition coefficient (Wildman–Crippen LogP) is -0.195. The molecule has 0 saturated carbocycles. The molecule has 1 aliphatic rings. The number of ether oxygens (including phenoxy) is 4. The van der Waals surface area contributed by atoms with Crippen LogP contribution in [0.15, 0.2) is 0 Å². The van der Waals surface area contributed by atoms with Crippen molar-refractivity contribution in [1.82, 2.24) is 5.32 Å². The third-order valence-electron chi connectivity index (χ3n) is 3.85. The van der Waals surface area contributed by atoms with E-state index in [1.807, 2.05) is 0 Å². The second-order valence-corrected chi connectivity index (χ2v) is 5.94. The Kier molecular flexibility index (Phi) is 9.16. The number of hydrogen-bond donors (Lipinski definition) is 2. The summed E-state index contributed by atoms with van der Waals surface area (Å²) in [5, 5.41) is 12.7. The molecule has 0 spiro atoms. The van der Waals surface area contributed by atoms with Gasteiger partial charge in [-0.1, -0.05) is 20.8 Å². The minimum atomic E-state index is -1.56. The van der Waals surface area contributed by atoms with Gasteiger partial charge in [-0.05, 0) is 0 Å². The number of aliphatic hydroxyl groups is 1. The van der Waals surface area contributed by atoms with E-state index in [0.717, 1.165) is 0 Å². The summed E-state index contributed by atoms with van der Waals surface area (Å²) < 4.78 is 21.1. The van der Waals surface area contributed by atoms with Gasteiger partial charge in [0.15, 0.2) is 18.5 Å². The number of carbonyl (C=O) groups excluding carboxylic acids is 4. The van der Waals surface area contributed by atoms with Crippen LogP contribution in [0.2, 0.25) is 0 Å². The zero-order chi connectivity index (χ0) is 20.6. The van der Waals surface area contributed by atoms with E-state index >= 15 is 0 Å². The largest absolute Gasteiger partial charge is 0.463 e. The second-order valence-electron chi connectivity index (χ2n) is 5.94. The first-order valence-corrected chi connectivity index (χ1v) is 8.88. The molecule has 2 unspecified atom stereocenters. The number of nitrogens with one attached hydrogen (secondary N) is 1. The Morgan fingerprint density at radius 3 is 1.93 bits per heavy atom. The average molecular weight is 389 g/mol. The highest BCUT2D eigenvalue weighted by Crippen LogP contribution is 2.26. The fourth-order valence-electron chi connectivity index (χ4n) is 2.47. The molecular weight excluding hydrogens is 362 g/mol. The minimum Gasteiger partial charge on any atom is -0.463 e. The summed E-state index contributed by atoms with van der Waals surface area (Å²) in [6.07, 6.45) is -4.85. The molecule has 1 saturated heterocycles. The molecule has 0 bridgehead atoms. The van der Waals surface area contributed by atoms with Crippen LogP contribution < -0.4 is 5.32 Å².